The first-order valence-corrected chi connectivity index (χ1v) is 10.7. The second-order valence-corrected chi connectivity index (χ2v) is 8.41. The van der Waals surface area contributed by atoms with Crippen LogP contribution in [0.4, 0.5) is 10.1 Å². The van der Waals surface area contributed by atoms with Crippen LogP contribution in [0.3, 0.4) is 0 Å². The highest BCUT2D eigenvalue weighted by molar-refractivity contribution is 7.89. The molecular weight excluding hydrogens is 389 g/mol. The maximum absolute atomic E-state index is 14.2. The number of hydrogen-bond donors (Lipinski definition) is 2. The van der Waals surface area contributed by atoms with Crippen LogP contribution in [0.15, 0.2) is 23.1 Å². The Morgan fingerprint density at radius 1 is 1.18 bits per heavy atom. The van der Waals surface area contributed by atoms with Gasteiger partial charge in [-0.15, -0.1) is 0 Å². The van der Waals surface area contributed by atoms with Crippen LogP contribution in [-0.2, 0) is 24.3 Å². The summed E-state index contributed by atoms with van der Waals surface area (Å²) in [6.45, 7) is 2.87. The van der Waals surface area contributed by atoms with Crippen LogP contribution in [0.2, 0.25) is 0 Å². The molecular formula is C18H26FN3O5S. The third-order valence-electron chi connectivity index (χ3n) is 4.26. The van der Waals surface area contributed by atoms with Crippen molar-refractivity contribution in [2.45, 2.75) is 37.5 Å². The number of carbonyl (C=O) groups excluding carboxylic acids is 2. The number of unbranched alkanes of at least 4 members (excludes halogenated alkanes) is 2. The molecule has 1 aliphatic rings. The molecule has 1 saturated heterocycles. The standard InChI is InChI=1S/C18H26FN3O5S/c1-14(23)20-8-4-2-3-5-18(24)21-15-6-7-16(19)17(13-15)28(25,26)22-9-11-27-12-10-22/h6-7,13H,2-5,8-12H2,1H3,(H,20,23)(H,21,24). The fraction of sp³-hybridized carbons (Fsp3) is 0.556. The first kappa shape index (κ1) is 22.3. The first-order chi connectivity index (χ1) is 13.3. The van der Waals surface area contributed by atoms with E-state index in [1.165, 1.54) is 17.3 Å². The fourth-order valence-corrected chi connectivity index (χ4v) is 4.28. The Balaban J connectivity index is 1.91. The normalized spacial score (nSPS) is 15.2. The van der Waals surface area contributed by atoms with Crippen molar-refractivity contribution in [2.75, 3.05) is 38.2 Å². The van der Waals surface area contributed by atoms with Gasteiger partial charge in [0.05, 0.1) is 13.2 Å². The fourth-order valence-electron chi connectivity index (χ4n) is 2.78. The molecule has 2 N–H and O–H groups in total. The quantitative estimate of drug-likeness (QED) is 0.595. The third-order valence-corrected chi connectivity index (χ3v) is 6.17. The summed E-state index contributed by atoms with van der Waals surface area (Å²) >= 11 is 0. The number of anilines is 1. The molecule has 0 saturated carbocycles. The van der Waals surface area contributed by atoms with E-state index in [4.69, 9.17) is 4.74 Å². The van der Waals surface area contributed by atoms with Crippen molar-refractivity contribution in [3.8, 4) is 0 Å². The molecule has 1 heterocycles. The number of halogens is 1. The summed E-state index contributed by atoms with van der Waals surface area (Å²) in [5, 5.41) is 5.29. The maximum atomic E-state index is 14.2. The number of benzene rings is 1. The predicted molar refractivity (Wildman–Crippen MR) is 102 cm³/mol. The van der Waals surface area contributed by atoms with Gasteiger partial charge in [0.2, 0.25) is 21.8 Å². The minimum Gasteiger partial charge on any atom is -0.379 e. The molecule has 2 amide bonds. The van der Waals surface area contributed by atoms with Crippen LogP contribution in [0, 0.1) is 5.82 Å². The lowest BCUT2D eigenvalue weighted by atomic mass is 10.2. The number of morpholine rings is 1. The Morgan fingerprint density at radius 2 is 1.89 bits per heavy atom. The summed E-state index contributed by atoms with van der Waals surface area (Å²) < 4.78 is 45.8. The van der Waals surface area contributed by atoms with Crippen LogP contribution < -0.4 is 10.6 Å². The molecule has 0 spiro atoms. The van der Waals surface area contributed by atoms with Gasteiger partial charge in [-0.2, -0.15) is 4.31 Å². The summed E-state index contributed by atoms with van der Waals surface area (Å²) in [6.07, 6.45) is 2.42. The van der Waals surface area contributed by atoms with Gasteiger partial charge in [-0.1, -0.05) is 6.42 Å². The lowest BCUT2D eigenvalue weighted by molar-refractivity contribution is -0.119. The molecule has 0 radical (unpaired) electrons. The van der Waals surface area contributed by atoms with Gasteiger partial charge >= 0.3 is 0 Å². The molecule has 1 fully saturated rings. The minimum atomic E-state index is -3.99. The van der Waals surface area contributed by atoms with Gasteiger partial charge in [0.15, 0.2) is 0 Å². The summed E-state index contributed by atoms with van der Waals surface area (Å²) in [4.78, 5) is 22.4. The molecule has 0 atom stereocenters. The average molecular weight is 415 g/mol. The average Bonchev–Trinajstić information content (AvgIpc) is 2.66. The van der Waals surface area contributed by atoms with Gasteiger partial charge < -0.3 is 15.4 Å². The number of rotatable bonds is 9. The van der Waals surface area contributed by atoms with Crippen molar-refractivity contribution in [1.82, 2.24) is 9.62 Å². The lowest BCUT2D eigenvalue weighted by Crippen LogP contribution is -2.40. The first-order valence-electron chi connectivity index (χ1n) is 9.22. The van der Waals surface area contributed by atoms with Crippen LogP contribution in [-0.4, -0.2) is 57.4 Å². The molecule has 2 rings (SSSR count). The van der Waals surface area contributed by atoms with E-state index in [1.807, 2.05) is 0 Å². The Labute approximate surface area is 164 Å². The number of carbonyl (C=O) groups is 2. The molecule has 10 heteroatoms. The van der Waals surface area contributed by atoms with Crippen molar-refractivity contribution in [3.63, 3.8) is 0 Å². The number of ether oxygens (including phenoxy) is 1. The van der Waals surface area contributed by atoms with E-state index in [2.05, 4.69) is 10.6 Å². The predicted octanol–water partition coefficient (Wildman–Crippen LogP) is 1.48. The Bertz CT molecular complexity index is 794. The van der Waals surface area contributed by atoms with Gasteiger partial charge in [-0.05, 0) is 31.0 Å². The zero-order valence-corrected chi connectivity index (χ0v) is 16.7. The Morgan fingerprint density at radius 3 is 2.57 bits per heavy atom. The molecule has 1 aromatic carbocycles. The SMILES string of the molecule is CC(=O)NCCCCCC(=O)Nc1ccc(F)c(S(=O)(=O)N2CCOCC2)c1. The Hall–Kier alpha value is -2.04. The van der Waals surface area contributed by atoms with E-state index in [1.54, 1.807) is 0 Å². The van der Waals surface area contributed by atoms with Crippen LogP contribution in [0.25, 0.3) is 0 Å². The third kappa shape index (κ3) is 6.54. The second-order valence-electron chi connectivity index (χ2n) is 6.50. The van der Waals surface area contributed by atoms with E-state index in [0.717, 1.165) is 25.0 Å². The highest BCUT2D eigenvalue weighted by Gasteiger charge is 2.29. The molecule has 0 aliphatic carbocycles. The summed E-state index contributed by atoms with van der Waals surface area (Å²) in [7, 11) is -3.99. The van der Waals surface area contributed by atoms with Crippen LogP contribution in [0.5, 0.6) is 0 Å². The maximum Gasteiger partial charge on any atom is 0.246 e. The monoisotopic (exact) mass is 415 g/mol. The smallest absolute Gasteiger partial charge is 0.246 e. The van der Waals surface area contributed by atoms with E-state index in [-0.39, 0.29) is 50.2 Å². The molecule has 156 valence electrons. The van der Waals surface area contributed by atoms with Crippen molar-refractivity contribution in [2.24, 2.45) is 0 Å². The molecule has 0 unspecified atom stereocenters. The van der Waals surface area contributed by atoms with Gasteiger partial charge in [0.25, 0.3) is 0 Å². The van der Waals surface area contributed by atoms with E-state index >= 15 is 0 Å². The minimum absolute atomic E-state index is 0.0862. The van der Waals surface area contributed by atoms with Gasteiger partial charge in [-0.25, -0.2) is 12.8 Å². The largest absolute Gasteiger partial charge is 0.379 e. The van der Waals surface area contributed by atoms with Crippen LogP contribution >= 0.6 is 0 Å². The summed E-state index contributed by atoms with van der Waals surface area (Å²) in [6, 6.07) is 3.52. The number of sulfonamides is 1. The highest BCUT2D eigenvalue weighted by atomic mass is 32.2. The summed E-state index contributed by atoms with van der Waals surface area (Å²) in [5.41, 5.74) is 0.233. The van der Waals surface area contributed by atoms with Crippen molar-refractivity contribution < 1.29 is 27.1 Å². The topological polar surface area (TPSA) is 105 Å². The molecule has 1 aromatic rings. The molecule has 1 aliphatic heterocycles. The molecule has 8 nitrogen and oxygen atoms in total. The molecule has 28 heavy (non-hydrogen) atoms. The van der Waals surface area contributed by atoms with E-state index < -0.39 is 20.7 Å². The zero-order valence-electron chi connectivity index (χ0n) is 15.9. The lowest BCUT2D eigenvalue weighted by Gasteiger charge is -2.26. The second kappa shape index (κ2) is 10.5. The van der Waals surface area contributed by atoms with E-state index in [9.17, 15) is 22.4 Å². The number of nitrogens with one attached hydrogen (secondary N) is 2. The highest BCUT2D eigenvalue weighted by Crippen LogP contribution is 2.24. The van der Waals surface area contributed by atoms with Gasteiger partial charge in [0, 0.05) is 38.7 Å². The van der Waals surface area contributed by atoms with Crippen molar-refractivity contribution >= 4 is 27.5 Å². The van der Waals surface area contributed by atoms with E-state index in [0.29, 0.717) is 13.0 Å². The van der Waals surface area contributed by atoms with Crippen molar-refractivity contribution in [1.29, 1.82) is 0 Å². The van der Waals surface area contributed by atoms with Crippen LogP contribution in [0.1, 0.15) is 32.6 Å². The molecule has 0 bridgehead atoms. The number of nitrogens with zero attached hydrogens (tertiary/aromatic N) is 1. The van der Waals surface area contributed by atoms with Gasteiger partial charge in [-0.3, -0.25) is 9.59 Å². The molecule has 0 aromatic heterocycles. The number of amides is 2. The number of hydrogen-bond acceptors (Lipinski definition) is 5. The summed E-state index contributed by atoms with van der Waals surface area (Å²) in [5.74, 6) is -1.22. The zero-order chi connectivity index (χ0) is 20.6. The Kier molecular flexibility index (Phi) is 8.34. The van der Waals surface area contributed by atoms with Crippen molar-refractivity contribution in [3.05, 3.63) is 24.0 Å². The van der Waals surface area contributed by atoms with Gasteiger partial charge in [0.1, 0.15) is 10.7 Å².